The van der Waals surface area contributed by atoms with Crippen LogP contribution in [0, 0.1) is 23.0 Å². The largest absolute Gasteiger partial charge is 0.382 e. The first-order valence-corrected chi connectivity index (χ1v) is 11.4. The normalized spacial score (nSPS) is 10.8. The second-order valence-electron chi connectivity index (χ2n) is 6.71. The number of carbonyl (C=O) groups excluding carboxylic acids is 1. The van der Waals surface area contributed by atoms with Crippen molar-refractivity contribution in [2.24, 2.45) is 0 Å². The number of hydrogen-bond donors (Lipinski definition) is 3. The van der Waals surface area contributed by atoms with E-state index in [0.717, 1.165) is 24.3 Å². The molecule has 33 heavy (non-hydrogen) atoms. The van der Waals surface area contributed by atoms with Crippen LogP contribution < -0.4 is 15.4 Å². The summed E-state index contributed by atoms with van der Waals surface area (Å²) in [5.74, 6) is -1.74. The monoisotopic (exact) mass is 490 g/mol. The average Bonchev–Trinajstić information content (AvgIpc) is 2.78. The number of benzene rings is 3. The number of rotatable bonds is 8. The maximum absolute atomic E-state index is 13.6. The highest BCUT2D eigenvalue weighted by Gasteiger charge is 2.17. The number of anilines is 2. The van der Waals surface area contributed by atoms with Crippen LogP contribution in [0.3, 0.4) is 0 Å². The molecule has 11 heteroatoms. The van der Waals surface area contributed by atoms with Crippen molar-refractivity contribution < 1.29 is 22.0 Å². The molecule has 3 aromatic carbocycles. The fourth-order valence-electron chi connectivity index (χ4n) is 2.82. The lowest BCUT2D eigenvalue weighted by molar-refractivity contribution is 0.0955. The van der Waals surface area contributed by atoms with Gasteiger partial charge in [-0.3, -0.25) is 9.52 Å². The van der Waals surface area contributed by atoms with E-state index < -0.39 is 27.6 Å². The van der Waals surface area contributed by atoms with Gasteiger partial charge < -0.3 is 10.6 Å². The third-order valence-electron chi connectivity index (χ3n) is 4.45. The highest BCUT2D eigenvalue weighted by molar-refractivity contribution is 7.92. The Kier molecular flexibility index (Phi) is 7.48. The minimum atomic E-state index is -4.06. The first-order chi connectivity index (χ1) is 15.7. The minimum Gasteiger partial charge on any atom is -0.382 e. The van der Waals surface area contributed by atoms with Crippen molar-refractivity contribution in [3.63, 3.8) is 0 Å². The molecule has 3 N–H and O–H groups in total. The van der Waals surface area contributed by atoms with Gasteiger partial charge in [-0.1, -0.05) is 17.7 Å². The molecule has 3 rings (SSSR count). The number of carbonyl (C=O) groups is 1. The summed E-state index contributed by atoms with van der Waals surface area (Å²) in [6, 6.07) is 14.2. The molecule has 0 aliphatic carbocycles. The molecule has 1 amide bonds. The van der Waals surface area contributed by atoms with Gasteiger partial charge in [0.05, 0.1) is 21.3 Å². The number of hydrogen-bond acceptors (Lipinski definition) is 5. The van der Waals surface area contributed by atoms with Crippen LogP contribution in [0.25, 0.3) is 0 Å². The van der Waals surface area contributed by atoms with Crippen LogP contribution in [0.5, 0.6) is 0 Å². The summed E-state index contributed by atoms with van der Waals surface area (Å²) in [5, 5.41) is 14.6. The molecule has 0 aliphatic rings. The van der Waals surface area contributed by atoms with Crippen molar-refractivity contribution in [1.82, 2.24) is 5.32 Å². The highest BCUT2D eigenvalue weighted by atomic mass is 35.5. The summed E-state index contributed by atoms with van der Waals surface area (Å²) in [6.07, 6.45) is 0. The lowest BCUT2D eigenvalue weighted by Crippen LogP contribution is -2.29. The highest BCUT2D eigenvalue weighted by Crippen LogP contribution is 2.26. The summed E-state index contributed by atoms with van der Waals surface area (Å²) in [7, 11) is -4.06. The Morgan fingerprint density at radius 1 is 1.00 bits per heavy atom. The lowest BCUT2D eigenvalue weighted by Gasteiger charge is -2.12. The van der Waals surface area contributed by atoms with Crippen LogP contribution in [0.15, 0.2) is 65.6 Å². The second kappa shape index (κ2) is 10.3. The van der Waals surface area contributed by atoms with Crippen LogP contribution >= 0.6 is 11.6 Å². The van der Waals surface area contributed by atoms with Crippen molar-refractivity contribution in [2.75, 3.05) is 23.1 Å². The Hall–Kier alpha value is -3.68. The van der Waals surface area contributed by atoms with E-state index in [-0.39, 0.29) is 39.8 Å². The second-order valence-corrected chi connectivity index (χ2v) is 8.80. The molecule has 0 aromatic heterocycles. The van der Waals surface area contributed by atoms with Gasteiger partial charge >= 0.3 is 0 Å². The maximum Gasteiger partial charge on any atom is 0.261 e. The predicted molar refractivity (Wildman–Crippen MR) is 121 cm³/mol. The van der Waals surface area contributed by atoms with Gasteiger partial charge in [0.15, 0.2) is 0 Å². The van der Waals surface area contributed by atoms with Gasteiger partial charge in [-0.25, -0.2) is 17.2 Å². The van der Waals surface area contributed by atoms with Gasteiger partial charge in [0.25, 0.3) is 15.9 Å². The first kappa shape index (κ1) is 24.0. The van der Waals surface area contributed by atoms with Gasteiger partial charge in [0.1, 0.15) is 23.3 Å². The van der Waals surface area contributed by atoms with Crippen LogP contribution in [0.4, 0.5) is 20.2 Å². The zero-order valence-electron chi connectivity index (χ0n) is 16.9. The Balaban J connectivity index is 1.64. The number of nitrogens with one attached hydrogen (secondary N) is 3. The third kappa shape index (κ3) is 5.97. The van der Waals surface area contributed by atoms with Gasteiger partial charge in [0, 0.05) is 18.7 Å². The predicted octanol–water partition coefficient (Wildman–Crippen LogP) is 4.13. The van der Waals surface area contributed by atoms with Crippen molar-refractivity contribution in [3.8, 4) is 6.07 Å². The van der Waals surface area contributed by atoms with E-state index in [1.54, 1.807) is 12.1 Å². The Bertz CT molecular complexity index is 1330. The van der Waals surface area contributed by atoms with Gasteiger partial charge in [-0.15, -0.1) is 0 Å². The molecule has 0 saturated carbocycles. The molecule has 0 unspecified atom stereocenters. The fraction of sp³-hybridized carbons (Fsp3) is 0.0909. The molecular formula is C22H17ClF2N4O3S. The van der Waals surface area contributed by atoms with Crippen LogP contribution in [-0.2, 0) is 10.0 Å². The van der Waals surface area contributed by atoms with Crippen molar-refractivity contribution in [3.05, 3.63) is 88.4 Å². The molecule has 0 atom stereocenters. The molecular weight excluding hydrogens is 474 g/mol. The number of amides is 1. The van der Waals surface area contributed by atoms with E-state index in [4.69, 9.17) is 16.9 Å². The average molecular weight is 491 g/mol. The van der Waals surface area contributed by atoms with E-state index in [0.29, 0.717) is 5.69 Å². The molecule has 7 nitrogen and oxygen atoms in total. The van der Waals surface area contributed by atoms with Crippen molar-refractivity contribution >= 4 is 38.9 Å². The van der Waals surface area contributed by atoms with E-state index in [1.807, 2.05) is 0 Å². The van der Waals surface area contributed by atoms with Gasteiger partial charge in [-0.05, 0) is 54.6 Å². The summed E-state index contributed by atoms with van der Waals surface area (Å²) >= 11 is 6.07. The number of sulfonamides is 1. The minimum absolute atomic E-state index is 0.0230. The van der Waals surface area contributed by atoms with E-state index >= 15 is 0 Å². The molecule has 0 radical (unpaired) electrons. The summed E-state index contributed by atoms with van der Waals surface area (Å²) in [5.41, 5.74) is 0.292. The molecule has 0 aliphatic heterocycles. The van der Waals surface area contributed by atoms with Crippen molar-refractivity contribution in [1.29, 1.82) is 5.26 Å². The van der Waals surface area contributed by atoms with Gasteiger partial charge in [-0.2, -0.15) is 5.26 Å². The zero-order chi connectivity index (χ0) is 24.0. The lowest BCUT2D eigenvalue weighted by atomic mass is 10.2. The van der Waals surface area contributed by atoms with Crippen LogP contribution in [0.2, 0.25) is 5.02 Å². The Morgan fingerprint density at radius 3 is 2.42 bits per heavy atom. The zero-order valence-corrected chi connectivity index (χ0v) is 18.5. The molecule has 0 bridgehead atoms. The number of nitrogens with zero attached hydrogens (tertiary/aromatic N) is 1. The molecule has 0 saturated heterocycles. The molecule has 0 heterocycles. The summed E-state index contributed by atoms with van der Waals surface area (Å²) in [6.45, 7) is 0.348. The third-order valence-corrected chi connectivity index (χ3v) is 6.16. The first-order valence-electron chi connectivity index (χ1n) is 9.50. The topological polar surface area (TPSA) is 111 Å². The fourth-order valence-corrected chi connectivity index (χ4v) is 4.11. The van der Waals surface area contributed by atoms with E-state index in [9.17, 15) is 22.0 Å². The SMILES string of the molecule is N#Cc1c(F)cccc1NCCNC(=O)c1ccc(Cl)c(NS(=O)(=O)c2ccc(F)cc2)c1. The molecule has 0 spiro atoms. The molecule has 0 fully saturated rings. The smallest absolute Gasteiger partial charge is 0.261 e. The number of nitriles is 1. The maximum atomic E-state index is 13.6. The van der Waals surface area contributed by atoms with Gasteiger partial charge in [0.2, 0.25) is 0 Å². The van der Waals surface area contributed by atoms with E-state index in [1.165, 1.54) is 30.3 Å². The van der Waals surface area contributed by atoms with Crippen LogP contribution in [0.1, 0.15) is 15.9 Å². The Morgan fingerprint density at radius 2 is 1.73 bits per heavy atom. The standard InChI is InChI=1S/C22H17ClF2N4O3S/c23-18-9-4-14(12-21(18)29-33(31,32)16-7-5-15(24)6-8-16)22(30)28-11-10-27-20-3-1-2-19(25)17(20)13-26/h1-9,12,27,29H,10-11H2,(H,28,30). The summed E-state index contributed by atoms with van der Waals surface area (Å²) in [4.78, 5) is 12.3. The van der Waals surface area contributed by atoms with Crippen molar-refractivity contribution in [2.45, 2.75) is 4.90 Å². The molecule has 170 valence electrons. The van der Waals surface area contributed by atoms with Crippen LogP contribution in [-0.4, -0.2) is 27.4 Å². The number of halogens is 3. The quantitative estimate of drug-likeness (QED) is 0.411. The molecule has 3 aromatic rings. The Labute approximate surface area is 194 Å². The van der Waals surface area contributed by atoms with E-state index in [2.05, 4.69) is 15.4 Å². The summed E-state index contributed by atoms with van der Waals surface area (Å²) < 4.78 is 54.0.